The lowest BCUT2D eigenvalue weighted by Gasteiger charge is -2.35. The molecule has 2 aromatic rings. The van der Waals surface area contributed by atoms with Gasteiger partial charge in [0, 0.05) is 31.7 Å². The lowest BCUT2D eigenvalue weighted by molar-refractivity contribution is 0.0187. The van der Waals surface area contributed by atoms with Crippen molar-refractivity contribution < 1.29 is 4.74 Å². The Morgan fingerprint density at radius 3 is 2.67 bits per heavy atom. The molecule has 0 unspecified atom stereocenters. The number of aromatic nitrogens is 2. The predicted octanol–water partition coefficient (Wildman–Crippen LogP) is 2.84. The second-order valence-corrected chi connectivity index (χ2v) is 6.53. The van der Waals surface area contributed by atoms with Gasteiger partial charge in [-0.2, -0.15) is 0 Å². The first-order chi connectivity index (χ1) is 11.9. The first kappa shape index (κ1) is 15.5. The van der Waals surface area contributed by atoms with E-state index in [9.17, 15) is 0 Å². The maximum atomic E-state index is 5.51. The van der Waals surface area contributed by atoms with Crippen molar-refractivity contribution in [1.29, 1.82) is 0 Å². The number of benzene rings is 1. The van der Waals surface area contributed by atoms with E-state index in [1.54, 1.807) is 0 Å². The van der Waals surface area contributed by atoms with Crippen molar-refractivity contribution in [3.05, 3.63) is 54.0 Å². The van der Waals surface area contributed by atoms with E-state index in [0.29, 0.717) is 12.0 Å². The number of hydrogen-bond donors (Lipinski definition) is 1. The number of anilines is 1. The van der Waals surface area contributed by atoms with Crippen LogP contribution in [-0.4, -0.2) is 47.7 Å². The molecule has 0 radical (unpaired) electrons. The number of ether oxygens (including phenoxy) is 1. The molecule has 1 saturated heterocycles. The number of nitrogens with one attached hydrogen (secondary N) is 1. The normalized spacial score (nSPS) is 19.8. The van der Waals surface area contributed by atoms with E-state index in [1.165, 1.54) is 18.4 Å². The highest BCUT2D eigenvalue weighted by Gasteiger charge is 2.27. The van der Waals surface area contributed by atoms with Crippen molar-refractivity contribution in [2.75, 3.05) is 38.2 Å². The molecule has 1 N–H and O–H groups in total. The lowest BCUT2D eigenvalue weighted by atomic mass is 10.0. The maximum absolute atomic E-state index is 5.51. The molecule has 1 aliphatic heterocycles. The highest BCUT2D eigenvalue weighted by Crippen LogP contribution is 2.38. The largest absolute Gasteiger partial charge is 0.379 e. The van der Waals surface area contributed by atoms with Crippen molar-refractivity contribution in [1.82, 2.24) is 14.9 Å². The third-order valence-electron chi connectivity index (χ3n) is 4.76. The zero-order valence-electron chi connectivity index (χ0n) is 13.9. The van der Waals surface area contributed by atoms with Crippen LogP contribution in [0.25, 0.3) is 0 Å². The quantitative estimate of drug-likeness (QED) is 0.885. The minimum Gasteiger partial charge on any atom is -0.379 e. The Labute approximate surface area is 143 Å². The van der Waals surface area contributed by atoms with Gasteiger partial charge in [-0.05, 0) is 24.5 Å². The highest BCUT2D eigenvalue weighted by atomic mass is 16.5. The number of morpholine rings is 1. The summed E-state index contributed by atoms with van der Waals surface area (Å²) in [5.41, 5.74) is 1.34. The molecule has 24 heavy (non-hydrogen) atoms. The van der Waals surface area contributed by atoms with Gasteiger partial charge >= 0.3 is 0 Å². The SMILES string of the molecule is c1ccc([C@H](CNc2ccnc(C3CC3)n2)N2CCOCC2)cc1. The van der Waals surface area contributed by atoms with Crippen molar-refractivity contribution in [3.63, 3.8) is 0 Å². The molecule has 0 bridgehead atoms. The van der Waals surface area contributed by atoms with Crippen LogP contribution in [0.1, 0.15) is 36.2 Å². The summed E-state index contributed by atoms with van der Waals surface area (Å²) in [5.74, 6) is 2.50. The van der Waals surface area contributed by atoms with Gasteiger partial charge in [0.25, 0.3) is 0 Å². The molecule has 126 valence electrons. The third kappa shape index (κ3) is 3.74. The average molecular weight is 324 g/mol. The van der Waals surface area contributed by atoms with Crippen molar-refractivity contribution in [3.8, 4) is 0 Å². The first-order valence-corrected chi connectivity index (χ1v) is 8.84. The Bertz CT molecular complexity index is 653. The molecule has 2 fully saturated rings. The van der Waals surface area contributed by atoms with Gasteiger partial charge in [0.15, 0.2) is 0 Å². The van der Waals surface area contributed by atoms with E-state index >= 15 is 0 Å². The van der Waals surface area contributed by atoms with Crippen molar-refractivity contribution in [2.24, 2.45) is 0 Å². The fourth-order valence-corrected chi connectivity index (χ4v) is 3.23. The summed E-state index contributed by atoms with van der Waals surface area (Å²) >= 11 is 0. The lowest BCUT2D eigenvalue weighted by Crippen LogP contribution is -2.41. The second-order valence-electron chi connectivity index (χ2n) is 6.53. The van der Waals surface area contributed by atoms with Gasteiger partial charge in [-0.3, -0.25) is 4.90 Å². The monoisotopic (exact) mass is 324 g/mol. The number of nitrogens with zero attached hydrogens (tertiary/aromatic N) is 3. The molecule has 4 rings (SSSR count). The standard InChI is InChI=1S/C19H24N4O/c1-2-4-15(5-3-1)17(23-10-12-24-13-11-23)14-21-18-8-9-20-19(22-18)16-6-7-16/h1-5,8-9,16-17H,6-7,10-14H2,(H,20,21,22)/t17-/m0/s1. The summed E-state index contributed by atoms with van der Waals surface area (Å²) in [6.07, 6.45) is 4.32. The van der Waals surface area contributed by atoms with Crippen LogP contribution < -0.4 is 5.32 Å². The van der Waals surface area contributed by atoms with Gasteiger partial charge in [0.1, 0.15) is 11.6 Å². The summed E-state index contributed by atoms with van der Waals surface area (Å²) in [4.78, 5) is 11.6. The molecular formula is C19H24N4O. The molecule has 5 nitrogen and oxygen atoms in total. The number of hydrogen-bond acceptors (Lipinski definition) is 5. The van der Waals surface area contributed by atoms with Gasteiger partial charge in [-0.1, -0.05) is 30.3 Å². The van der Waals surface area contributed by atoms with E-state index in [1.807, 2.05) is 12.3 Å². The van der Waals surface area contributed by atoms with E-state index in [4.69, 9.17) is 4.74 Å². The van der Waals surface area contributed by atoms with Crippen LogP contribution in [0.5, 0.6) is 0 Å². The molecule has 5 heteroatoms. The van der Waals surface area contributed by atoms with Crippen LogP contribution in [0, 0.1) is 0 Å². The van der Waals surface area contributed by atoms with E-state index in [0.717, 1.165) is 44.5 Å². The minimum absolute atomic E-state index is 0.328. The fraction of sp³-hybridized carbons (Fsp3) is 0.474. The second kappa shape index (κ2) is 7.28. The van der Waals surface area contributed by atoms with E-state index in [-0.39, 0.29) is 0 Å². The van der Waals surface area contributed by atoms with Crippen molar-refractivity contribution >= 4 is 5.82 Å². The van der Waals surface area contributed by atoms with Gasteiger partial charge in [-0.15, -0.1) is 0 Å². The molecule has 1 saturated carbocycles. The van der Waals surface area contributed by atoms with Crippen LogP contribution in [0.15, 0.2) is 42.6 Å². The van der Waals surface area contributed by atoms with Crippen LogP contribution >= 0.6 is 0 Å². The average Bonchev–Trinajstić information content (AvgIpc) is 3.49. The van der Waals surface area contributed by atoms with Gasteiger partial charge in [-0.25, -0.2) is 9.97 Å². The predicted molar refractivity (Wildman–Crippen MR) is 94.1 cm³/mol. The summed E-state index contributed by atoms with van der Waals surface area (Å²) in [7, 11) is 0. The molecule has 1 aliphatic carbocycles. The summed E-state index contributed by atoms with van der Waals surface area (Å²) < 4.78 is 5.51. The Morgan fingerprint density at radius 2 is 1.92 bits per heavy atom. The third-order valence-corrected chi connectivity index (χ3v) is 4.76. The van der Waals surface area contributed by atoms with E-state index < -0.39 is 0 Å². The van der Waals surface area contributed by atoms with Crippen molar-refractivity contribution in [2.45, 2.75) is 24.8 Å². The summed E-state index contributed by atoms with van der Waals surface area (Å²) in [5, 5.41) is 3.53. The highest BCUT2D eigenvalue weighted by molar-refractivity contribution is 5.35. The molecule has 1 atom stereocenters. The Kier molecular flexibility index (Phi) is 4.71. The minimum atomic E-state index is 0.328. The zero-order chi connectivity index (χ0) is 16.2. The van der Waals surface area contributed by atoms with Gasteiger partial charge < -0.3 is 10.1 Å². The molecule has 2 aliphatic rings. The molecule has 0 spiro atoms. The first-order valence-electron chi connectivity index (χ1n) is 8.84. The molecule has 2 heterocycles. The Hall–Kier alpha value is -1.98. The van der Waals surface area contributed by atoms with Crippen LogP contribution in [-0.2, 0) is 4.74 Å². The summed E-state index contributed by atoms with van der Waals surface area (Å²) in [6.45, 7) is 4.40. The van der Waals surface area contributed by atoms with E-state index in [2.05, 4.69) is 50.5 Å². The molecule has 0 amide bonds. The zero-order valence-corrected chi connectivity index (χ0v) is 13.9. The van der Waals surface area contributed by atoms with Gasteiger partial charge in [0.2, 0.25) is 0 Å². The molecule has 1 aromatic heterocycles. The Balaban J connectivity index is 1.48. The van der Waals surface area contributed by atoms with Crippen LogP contribution in [0.2, 0.25) is 0 Å². The molecular weight excluding hydrogens is 300 g/mol. The summed E-state index contributed by atoms with van der Waals surface area (Å²) in [6, 6.07) is 13.0. The Morgan fingerprint density at radius 1 is 1.12 bits per heavy atom. The fourth-order valence-electron chi connectivity index (χ4n) is 3.23. The molecule has 1 aromatic carbocycles. The maximum Gasteiger partial charge on any atom is 0.133 e. The topological polar surface area (TPSA) is 50.3 Å². The van der Waals surface area contributed by atoms with Crippen LogP contribution in [0.4, 0.5) is 5.82 Å². The van der Waals surface area contributed by atoms with Crippen LogP contribution in [0.3, 0.4) is 0 Å². The van der Waals surface area contributed by atoms with Gasteiger partial charge in [0.05, 0.1) is 19.3 Å². The number of rotatable bonds is 6. The smallest absolute Gasteiger partial charge is 0.133 e.